The van der Waals surface area contributed by atoms with Crippen molar-refractivity contribution in [3.63, 3.8) is 0 Å². The average molecular weight is 401 g/mol. The third kappa shape index (κ3) is 4.33. The molecule has 0 saturated carbocycles. The van der Waals surface area contributed by atoms with Gasteiger partial charge in [0.25, 0.3) is 0 Å². The van der Waals surface area contributed by atoms with Crippen LogP contribution in [0.15, 0.2) is 41.7 Å². The predicted octanol–water partition coefficient (Wildman–Crippen LogP) is 2.96. The summed E-state index contributed by atoms with van der Waals surface area (Å²) in [6.45, 7) is 5.95. The van der Waals surface area contributed by atoms with Crippen LogP contribution in [0, 0.1) is 0 Å². The Bertz CT molecular complexity index is 922. The Hall–Kier alpha value is -2.88. The van der Waals surface area contributed by atoms with Crippen LogP contribution in [0.3, 0.4) is 0 Å². The van der Waals surface area contributed by atoms with Crippen molar-refractivity contribution < 1.29 is 9.53 Å². The largest absolute Gasteiger partial charge is 0.497 e. The molecule has 1 N–H and O–H groups in total. The normalized spacial score (nSPS) is 13.1. The fraction of sp³-hybridized carbons (Fsp3) is 0.389. The predicted molar refractivity (Wildman–Crippen MR) is 107 cm³/mol. The number of methoxy groups -OCH3 is 1. The minimum atomic E-state index is -0.400. The number of nitrogens with one attached hydrogen (secondary N) is 1. The summed E-state index contributed by atoms with van der Waals surface area (Å²) in [5, 5.41) is 19.2. The highest BCUT2D eigenvalue weighted by atomic mass is 32.2. The van der Waals surface area contributed by atoms with Crippen molar-refractivity contribution in [1.29, 1.82) is 0 Å². The molecule has 9 nitrogen and oxygen atoms in total. The fourth-order valence-electron chi connectivity index (χ4n) is 2.51. The van der Waals surface area contributed by atoms with E-state index < -0.39 is 5.25 Å². The van der Waals surface area contributed by atoms with E-state index in [0.717, 1.165) is 17.9 Å². The molecule has 3 aromatic rings. The fourth-order valence-corrected chi connectivity index (χ4v) is 3.32. The van der Waals surface area contributed by atoms with E-state index in [1.54, 1.807) is 24.1 Å². The van der Waals surface area contributed by atoms with Gasteiger partial charge in [-0.15, -0.1) is 5.10 Å². The van der Waals surface area contributed by atoms with E-state index in [1.165, 1.54) is 11.8 Å². The number of anilines is 1. The molecule has 1 amide bonds. The molecule has 0 bridgehead atoms. The number of hydrogen-bond acceptors (Lipinski definition) is 7. The van der Waals surface area contributed by atoms with E-state index in [4.69, 9.17) is 4.74 Å². The Morgan fingerprint density at radius 3 is 2.68 bits per heavy atom. The minimum Gasteiger partial charge on any atom is -0.497 e. The smallest absolute Gasteiger partial charge is 0.238 e. The standard InChI is InChI=1S/C18H23N7O2S/c1-5-12(2)24-16(10-11-19-24)20-17(26)13(3)28-18-21-22-23-25(18)14-6-8-15(27-4)9-7-14/h6-13H,5H2,1-4H3,(H,20,26)/t12-,13+/m1/s1. The van der Waals surface area contributed by atoms with Crippen molar-refractivity contribution in [3.8, 4) is 11.4 Å². The van der Waals surface area contributed by atoms with Gasteiger partial charge >= 0.3 is 0 Å². The first-order valence-corrected chi connectivity index (χ1v) is 9.85. The Morgan fingerprint density at radius 1 is 1.25 bits per heavy atom. The van der Waals surface area contributed by atoms with E-state index in [1.807, 2.05) is 35.9 Å². The molecule has 0 fully saturated rings. The number of rotatable bonds is 8. The molecule has 1 aromatic carbocycles. The molecule has 0 aliphatic rings. The number of amides is 1. The molecule has 0 aliphatic heterocycles. The number of carbonyl (C=O) groups is 1. The lowest BCUT2D eigenvalue weighted by Crippen LogP contribution is -2.25. The molecule has 2 aromatic heterocycles. The number of nitrogens with zero attached hydrogens (tertiary/aromatic N) is 6. The minimum absolute atomic E-state index is 0.140. The van der Waals surface area contributed by atoms with E-state index >= 15 is 0 Å². The molecule has 0 aliphatic carbocycles. The van der Waals surface area contributed by atoms with Gasteiger partial charge in [0.15, 0.2) is 0 Å². The number of thioether (sulfide) groups is 1. The van der Waals surface area contributed by atoms with Crippen LogP contribution in [-0.4, -0.2) is 48.3 Å². The van der Waals surface area contributed by atoms with Crippen LogP contribution in [0.25, 0.3) is 5.69 Å². The van der Waals surface area contributed by atoms with Gasteiger partial charge in [0.05, 0.1) is 30.3 Å². The number of ether oxygens (including phenoxy) is 1. The molecule has 0 radical (unpaired) electrons. The zero-order chi connectivity index (χ0) is 20.1. The second kappa shape index (κ2) is 8.87. The van der Waals surface area contributed by atoms with Gasteiger partial charge in [0.1, 0.15) is 11.6 Å². The molecule has 0 spiro atoms. The topological polar surface area (TPSA) is 99.8 Å². The molecular formula is C18H23N7O2S. The maximum absolute atomic E-state index is 12.7. The van der Waals surface area contributed by atoms with Crippen LogP contribution >= 0.6 is 11.8 Å². The second-order valence-corrected chi connectivity index (χ2v) is 7.55. The molecule has 3 rings (SSSR count). The van der Waals surface area contributed by atoms with Gasteiger partial charge < -0.3 is 10.1 Å². The zero-order valence-corrected chi connectivity index (χ0v) is 17.1. The molecule has 2 atom stereocenters. The molecule has 0 unspecified atom stereocenters. The Kier molecular flexibility index (Phi) is 6.30. The van der Waals surface area contributed by atoms with Gasteiger partial charge in [0.2, 0.25) is 11.1 Å². The van der Waals surface area contributed by atoms with Gasteiger partial charge in [-0.3, -0.25) is 4.79 Å². The van der Waals surface area contributed by atoms with Gasteiger partial charge in [0, 0.05) is 6.07 Å². The number of carbonyl (C=O) groups excluding carboxylic acids is 1. The summed E-state index contributed by atoms with van der Waals surface area (Å²) < 4.78 is 8.58. The lowest BCUT2D eigenvalue weighted by atomic mass is 10.3. The number of hydrogen-bond donors (Lipinski definition) is 1. The van der Waals surface area contributed by atoms with Crippen LogP contribution in [-0.2, 0) is 4.79 Å². The van der Waals surface area contributed by atoms with Crippen LogP contribution in [0.4, 0.5) is 5.82 Å². The van der Waals surface area contributed by atoms with Crippen LogP contribution in [0.2, 0.25) is 0 Å². The first kappa shape index (κ1) is 19.9. The lowest BCUT2D eigenvalue weighted by molar-refractivity contribution is -0.115. The van der Waals surface area contributed by atoms with Crippen molar-refractivity contribution in [2.75, 3.05) is 12.4 Å². The van der Waals surface area contributed by atoms with E-state index in [2.05, 4.69) is 39.8 Å². The molecule has 2 heterocycles. The maximum atomic E-state index is 12.7. The summed E-state index contributed by atoms with van der Waals surface area (Å²) in [6, 6.07) is 9.37. The van der Waals surface area contributed by atoms with Crippen LogP contribution in [0.1, 0.15) is 33.2 Å². The molecular weight excluding hydrogens is 378 g/mol. The van der Waals surface area contributed by atoms with E-state index in [0.29, 0.717) is 11.0 Å². The summed E-state index contributed by atoms with van der Waals surface area (Å²) in [4.78, 5) is 12.7. The summed E-state index contributed by atoms with van der Waals surface area (Å²) in [6.07, 6.45) is 2.61. The van der Waals surface area contributed by atoms with Crippen molar-refractivity contribution in [1.82, 2.24) is 30.0 Å². The van der Waals surface area contributed by atoms with E-state index in [-0.39, 0.29) is 11.9 Å². The highest BCUT2D eigenvalue weighted by Crippen LogP contribution is 2.25. The quantitative estimate of drug-likeness (QED) is 0.579. The summed E-state index contributed by atoms with van der Waals surface area (Å²) in [5.41, 5.74) is 0.788. The molecule has 10 heteroatoms. The third-order valence-corrected chi connectivity index (χ3v) is 5.37. The third-order valence-electron chi connectivity index (χ3n) is 4.34. The van der Waals surface area contributed by atoms with Crippen molar-refractivity contribution in [2.45, 2.75) is 43.6 Å². The number of aromatic nitrogens is 6. The number of benzene rings is 1. The second-order valence-electron chi connectivity index (χ2n) is 6.24. The number of tetrazole rings is 1. The van der Waals surface area contributed by atoms with Crippen LogP contribution in [0.5, 0.6) is 5.75 Å². The highest BCUT2D eigenvalue weighted by Gasteiger charge is 2.21. The summed E-state index contributed by atoms with van der Waals surface area (Å²) >= 11 is 1.29. The van der Waals surface area contributed by atoms with Crippen molar-refractivity contribution >= 4 is 23.5 Å². The van der Waals surface area contributed by atoms with Gasteiger partial charge in [-0.25, -0.2) is 4.68 Å². The molecule has 0 saturated heterocycles. The average Bonchev–Trinajstić information content (AvgIpc) is 3.37. The van der Waals surface area contributed by atoms with E-state index in [9.17, 15) is 4.79 Å². The van der Waals surface area contributed by atoms with Gasteiger partial charge in [-0.1, -0.05) is 18.7 Å². The zero-order valence-electron chi connectivity index (χ0n) is 16.2. The summed E-state index contributed by atoms with van der Waals surface area (Å²) in [7, 11) is 1.61. The molecule has 148 valence electrons. The first-order valence-electron chi connectivity index (χ1n) is 8.97. The maximum Gasteiger partial charge on any atom is 0.238 e. The molecule has 28 heavy (non-hydrogen) atoms. The van der Waals surface area contributed by atoms with Crippen LogP contribution < -0.4 is 10.1 Å². The van der Waals surface area contributed by atoms with Gasteiger partial charge in [-0.05, 0) is 55.0 Å². The summed E-state index contributed by atoms with van der Waals surface area (Å²) in [5.74, 6) is 1.29. The monoisotopic (exact) mass is 401 g/mol. The van der Waals surface area contributed by atoms with Crippen molar-refractivity contribution in [2.24, 2.45) is 0 Å². The highest BCUT2D eigenvalue weighted by molar-refractivity contribution is 8.00. The van der Waals surface area contributed by atoms with Crippen molar-refractivity contribution in [3.05, 3.63) is 36.5 Å². The lowest BCUT2D eigenvalue weighted by Gasteiger charge is -2.16. The SMILES string of the molecule is CC[C@@H](C)n1nccc1NC(=O)[C@H](C)Sc1nnnn1-c1ccc(OC)cc1. The first-order chi connectivity index (χ1) is 13.5. The Morgan fingerprint density at radius 2 is 2.00 bits per heavy atom. The Labute approximate surface area is 167 Å². The van der Waals surface area contributed by atoms with Gasteiger partial charge in [-0.2, -0.15) is 9.78 Å². The Balaban J connectivity index is 1.70.